The summed E-state index contributed by atoms with van der Waals surface area (Å²) in [5.74, 6) is -0.367. The Labute approximate surface area is 105 Å². The fourth-order valence-corrected chi connectivity index (χ4v) is 1.99. The molecule has 0 fully saturated rings. The Morgan fingerprint density at radius 2 is 2.35 bits per heavy atom. The maximum atomic E-state index is 11.5. The molecule has 0 spiro atoms. The predicted molar refractivity (Wildman–Crippen MR) is 67.7 cm³/mol. The zero-order valence-electron chi connectivity index (χ0n) is 10.2. The van der Waals surface area contributed by atoms with Gasteiger partial charge in [-0.25, -0.2) is 9.78 Å². The maximum absolute atomic E-state index is 11.5. The number of ether oxygens (including phenoxy) is 2. The van der Waals surface area contributed by atoms with Crippen LogP contribution in [0.3, 0.4) is 0 Å². The van der Waals surface area contributed by atoms with Crippen LogP contribution in [0.1, 0.15) is 30.3 Å². The summed E-state index contributed by atoms with van der Waals surface area (Å²) in [5, 5.41) is 3.97. The molecule has 1 aromatic heterocycles. The molecule has 0 unspecified atom stereocenters. The fourth-order valence-electron chi connectivity index (χ4n) is 1.29. The molecule has 0 bridgehead atoms. The van der Waals surface area contributed by atoms with Crippen LogP contribution in [0.25, 0.3) is 0 Å². The van der Waals surface area contributed by atoms with E-state index in [1.54, 1.807) is 19.5 Å². The van der Waals surface area contributed by atoms with Crippen LogP contribution in [-0.4, -0.2) is 37.8 Å². The van der Waals surface area contributed by atoms with Gasteiger partial charge in [-0.3, -0.25) is 0 Å². The minimum Gasteiger partial charge on any atom is -0.461 e. The summed E-state index contributed by atoms with van der Waals surface area (Å²) in [4.78, 5) is 15.5. The number of methoxy groups -OCH3 is 1. The molecule has 0 aliphatic carbocycles. The Balaban J connectivity index is 2.38. The van der Waals surface area contributed by atoms with E-state index in [4.69, 9.17) is 9.47 Å². The zero-order valence-corrected chi connectivity index (χ0v) is 11.0. The van der Waals surface area contributed by atoms with Gasteiger partial charge in [-0.05, 0) is 19.8 Å². The quantitative estimate of drug-likeness (QED) is 0.572. The molecule has 0 aliphatic heterocycles. The Bertz CT molecular complexity index is 341. The van der Waals surface area contributed by atoms with Crippen molar-refractivity contribution in [2.75, 3.05) is 32.2 Å². The van der Waals surface area contributed by atoms with Crippen LogP contribution in [0, 0.1) is 0 Å². The summed E-state index contributed by atoms with van der Waals surface area (Å²) in [6.07, 6.45) is 1.99. The number of carbonyl (C=O) groups is 1. The Morgan fingerprint density at radius 1 is 1.53 bits per heavy atom. The topological polar surface area (TPSA) is 60.5 Å². The molecule has 5 nitrogen and oxygen atoms in total. The van der Waals surface area contributed by atoms with Crippen molar-refractivity contribution in [3.05, 3.63) is 11.2 Å². The molecule has 6 heteroatoms. The third kappa shape index (κ3) is 4.70. The van der Waals surface area contributed by atoms with Crippen molar-refractivity contribution in [3.8, 4) is 0 Å². The van der Waals surface area contributed by atoms with Gasteiger partial charge in [0.15, 0.2) is 5.69 Å². The summed E-state index contributed by atoms with van der Waals surface area (Å²) in [7, 11) is 1.69. The zero-order chi connectivity index (χ0) is 12.5. The van der Waals surface area contributed by atoms with Gasteiger partial charge >= 0.3 is 5.97 Å². The van der Waals surface area contributed by atoms with E-state index < -0.39 is 0 Å². The second-order valence-electron chi connectivity index (χ2n) is 3.38. The first-order chi connectivity index (χ1) is 8.29. The molecule has 0 saturated heterocycles. The Hall–Kier alpha value is -1.14. The number of thiazole rings is 1. The van der Waals surface area contributed by atoms with E-state index in [0.29, 0.717) is 12.3 Å². The third-order valence-electron chi connectivity index (χ3n) is 2.10. The molecule has 0 atom stereocenters. The monoisotopic (exact) mass is 258 g/mol. The molecule has 0 saturated carbocycles. The molecule has 0 aliphatic rings. The van der Waals surface area contributed by atoms with E-state index in [0.717, 1.165) is 31.0 Å². The molecular formula is C11H18N2O3S. The lowest BCUT2D eigenvalue weighted by atomic mass is 10.3. The van der Waals surface area contributed by atoms with Gasteiger partial charge in [0, 0.05) is 20.3 Å². The number of rotatable bonds is 8. The molecule has 17 heavy (non-hydrogen) atoms. The van der Waals surface area contributed by atoms with Crippen molar-refractivity contribution in [2.24, 2.45) is 0 Å². The van der Waals surface area contributed by atoms with E-state index in [-0.39, 0.29) is 5.97 Å². The SMILES string of the molecule is CCOC(=O)c1ncsc1NCCCCOC. The lowest BCUT2D eigenvalue weighted by Gasteiger charge is -2.05. The number of nitrogens with one attached hydrogen (secondary N) is 1. The first-order valence-corrected chi connectivity index (χ1v) is 6.51. The number of esters is 1. The minimum absolute atomic E-state index is 0.365. The van der Waals surface area contributed by atoms with Gasteiger partial charge in [0.1, 0.15) is 5.00 Å². The summed E-state index contributed by atoms with van der Waals surface area (Å²) in [6.45, 7) is 3.71. The van der Waals surface area contributed by atoms with Crippen LogP contribution >= 0.6 is 11.3 Å². The van der Waals surface area contributed by atoms with Crippen LogP contribution in [-0.2, 0) is 9.47 Å². The molecule has 0 radical (unpaired) electrons. The summed E-state index contributed by atoms with van der Waals surface area (Å²) < 4.78 is 9.88. The van der Waals surface area contributed by atoms with Crippen LogP contribution < -0.4 is 5.32 Å². The van der Waals surface area contributed by atoms with Crippen molar-refractivity contribution in [1.29, 1.82) is 0 Å². The number of nitrogens with zero attached hydrogens (tertiary/aromatic N) is 1. The van der Waals surface area contributed by atoms with Crippen molar-refractivity contribution in [1.82, 2.24) is 4.98 Å². The van der Waals surface area contributed by atoms with Gasteiger partial charge in [-0.1, -0.05) is 0 Å². The number of unbranched alkanes of at least 4 members (excludes halogenated alkanes) is 1. The molecule has 1 heterocycles. The Morgan fingerprint density at radius 3 is 3.06 bits per heavy atom. The molecule has 1 aromatic rings. The van der Waals surface area contributed by atoms with Gasteiger partial charge in [-0.15, -0.1) is 11.3 Å². The van der Waals surface area contributed by atoms with E-state index >= 15 is 0 Å². The highest BCUT2D eigenvalue weighted by molar-refractivity contribution is 7.14. The lowest BCUT2D eigenvalue weighted by Crippen LogP contribution is -2.10. The van der Waals surface area contributed by atoms with Crippen molar-refractivity contribution in [2.45, 2.75) is 19.8 Å². The highest BCUT2D eigenvalue weighted by Crippen LogP contribution is 2.20. The molecular weight excluding hydrogens is 240 g/mol. The number of carbonyl (C=O) groups excluding carboxylic acids is 1. The minimum atomic E-state index is -0.367. The van der Waals surface area contributed by atoms with Crippen molar-refractivity contribution >= 4 is 22.3 Å². The summed E-state index contributed by atoms with van der Waals surface area (Å²) in [5.41, 5.74) is 2.02. The van der Waals surface area contributed by atoms with Gasteiger partial charge in [0.05, 0.1) is 12.1 Å². The van der Waals surface area contributed by atoms with Gasteiger partial charge in [0.2, 0.25) is 0 Å². The highest BCUT2D eigenvalue weighted by atomic mass is 32.1. The second-order valence-corrected chi connectivity index (χ2v) is 4.23. The van der Waals surface area contributed by atoms with Crippen LogP contribution in [0.2, 0.25) is 0 Å². The van der Waals surface area contributed by atoms with E-state index in [2.05, 4.69) is 10.3 Å². The van der Waals surface area contributed by atoms with Crippen LogP contribution in [0.4, 0.5) is 5.00 Å². The van der Waals surface area contributed by atoms with Crippen LogP contribution in [0.5, 0.6) is 0 Å². The van der Waals surface area contributed by atoms with E-state index in [1.807, 2.05) is 0 Å². The van der Waals surface area contributed by atoms with Crippen LogP contribution in [0.15, 0.2) is 5.51 Å². The third-order valence-corrected chi connectivity index (χ3v) is 2.88. The second kappa shape index (κ2) is 8.03. The fraction of sp³-hybridized carbons (Fsp3) is 0.636. The van der Waals surface area contributed by atoms with Crippen molar-refractivity contribution < 1.29 is 14.3 Å². The summed E-state index contributed by atoms with van der Waals surface area (Å²) >= 11 is 1.41. The number of hydrogen-bond donors (Lipinski definition) is 1. The summed E-state index contributed by atoms with van der Waals surface area (Å²) in [6, 6.07) is 0. The predicted octanol–water partition coefficient (Wildman–Crippen LogP) is 2.16. The average molecular weight is 258 g/mol. The van der Waals surface area contributed by atoms with Gasteiger partial charge < -0.3 is 14.8 Å². The van der Waals surface area contributed by atoms with E-state index in [1.165, 1.54) is 11.3 Å². The van der Waals surface area contributed by atoms with Gasteiger partial charge in [0.25, 0.3) is 0 Å². The standard InChI is InChI=1S/C11H18N2O3S/c1-3-16-11(14)9-10(17-8-13-9)12-6-4-5-7-15-2/h8,12H,3-7H2,1-2H3. The smallest absolute Gasteiger partial charge is 0.360 e. The largest absolute Gasteiger partial charge is 0.461 e. The first-order valence-electron chi connectivity index (χ1n) is 5.63. The van der Waals surface area contributed by atoms with Crippen molar-refractivity contribution in [3.63, 3.8) is 0 Å². The highest BCUT2D eigenvalue weighted by Gasteiger charge is 2.15. The lowest BCUT2D eigenvalue weighted by molar-refractivity contribution is 0.0521. The first kappa shape index (κ1) is 13.9. The average Bonchev–Trinajstić information content (AvgIpc) is 2.77. The molecule has 0 aromatic carbocycles. The maximum Gasteiger partial charge on any atom is 0.360 e. The van der Waals surface area contributed by atoms with E-state index in [9.17, 15) is 4.79 Å². The number of aromatic nitrogens is 1. The Kier molecular flexibility index (Phi) is 6.57. The molecule has 1 rings (SSSR count). The molecule has 96 valence electrons. The van der Waals surface area contributed by atoms with Gasteiger partial charge in [-0.2, -0.15) is 0 Å². The number of anilines is 1. The molecule has 1 N–H and O–H groups in total. The molecule has 0 amide bonds. The number of hydrogen-bond acceptors (Lipinski definition) is 6. The normalized spacial score (nSPS) is 10.2.